The lowest BCUT2D eigenvalue weighted by atomic mass is 9.98. The van der Waals surface area contributed by atoms with Gasteiger partial charge < -0.3 is 9.29 Å². The maximum Gasteiger partial charge on any atom is 0.213 e. The molecule has 1 heterocycles. The molecule has 2 rings (SSSR count). The number of methoxy groups -OCH3 is 1. The summed E-state index contributed by atoms with van der Waals surface area (Å²) in [6, 6.07) is 9.37. The second-order valence-electron chi connectivity index (χ2n) is 6.16. The van der Waals surface area contributed by atoms with E-state index in [1.54, 1.807) is 39.0 Å². The summed E-state index contributed by atoms with van der Waals surface area (Å²) in [5.41, 5.74) is 0.910. The smallest absolute Gasteiger partial charge is 0.213 e. The van der Waals surface area contributed by atoms with E-state index in [1.165, 1.54) is 25.4 Å². The molecular formula is C18H18FN3O2S. The Morgan fingerprint density at radius 1 is 1.36 bits per heavy atom. The summed E-state index contributed by atoms with van der Waals surface area (Å²) in [4.78, 5) is 4.03. The minimum atomic E-state index is -1.60. The first kappa shape index (κ1) is 18.9. The van der Waals surface area contributed by atoms with E-state index < -0.39 is 21.9 Å². The lowest BCUT2D eigenvalue weighted by Crippen LogP contribution is -2.27. The highest BCUT2D eigenvalue weighted by atomic mass is 32.2. The Kier molecular flexibility index (Phi) is 5.77. The fourth-order valence-corrected chi connectivity index (χ4v) is 2.62. The summed E-state index contributed by atoms with van der Waals surface area (Å²) in [5, 5.41) is 9.33. The molecule has 7 heteroatoms. The third-order valence-electron chi connectivity index (χ3n) is 3.30. The SMILES string of the molecule is COc1cc(C(=N[S+]([O-])C(C)(C)C)c2cccc(F)c2C#N)ccn1. The number of hydrogen-bond acceptors (Lipinski definition) is 5. The van der Waals surface area contributed by atoms with Gasteiger partial charge in [-0.3, -0.25) is 0 Å². The lowest BCUT2D eigenvalue weighted by molar-refractivity contribution is 0.398. The van der Waals surface area contributed by atoms with Crippen LogP contribution in [0.5, 0.6) is 5.88 Å². The zero-order valence-electron chi connectivity index (χ0n) is 14.4. The Hall–Kier alpha value is -2.43. The van der Waals surface area contributed by atoms with Gasteiger partial charge in [-0.05, 0) is 32.9 Å². The summed E-state index contributed by atoms with van der Waals surface area (Å²) in [6.45, 7) is 5.36. The van der Waals surface area contributed by atoms with Crippen LogP contribution in [0, 0.1) is 17.1 Å². The molecule has 1 aromatic carbocycles. The highest BCUT2D eigenvalue weighted by molar-refractivity contribution is 7.91. The first-order valence-corrected chi connectivity index (χ1v) is 8.58. The predicted molar refractivity (Wildman–Crippen MR) is 95.4 cm³/mol. The molecule has 2 aromatic rings. The van der Waals surface area contributed by atoms with Gasteiger partial charge in [0.1, 0.15) is 33.7 Å². The standard InChI is InChI=1S/C18H18FN3O2S/c1-18(2,3)25(23)22-17(12-8-9-21-16(10-12)24-4)13-6-5-7-15(19)14(13)11-20/h5-10H,1-4H3. The quantitative estimate of drug-likeness (QED) is 0.619. The fourth-order valence-electron chi connectivity index (χ4n) is 1.98. The highest BCUT2D eigenvalue weighted by Gasteiger charge is 2.29. The van der Waals surface area contributed by atoms with E-state index in [0.29, 0.717) is 11.4 Å². The van der Waals surface area contributed by atoms with Crippen LogP contribution in [0.2, 0.25) is 0 Å². The lowest BCUT2D eigenvalue weighted by Gasteiger charge is -2.20. The molecule has 0 radical (unpaired) electrons. The van der Waals surface area contributed by atoms with E-state index in [1.807, 2.05) is 6.07 Å². The van der Waals surface area contributed by atoms with Crippen LogP contribution < -0.4 is 4.74 Å². The summed E-state index contributed by atoms with van der Waals surface area (Å²) in [6.07, 6.45) is 1.51. The fraction of sp³-hybridized carbons (Fsp3) is 0.278. The maximum absolute atomic E-state index is 14.1. The first-order valence-electron chi connectivity index (χ1n) is 7.48. The van der Waals surface area contributed by atoms with E-state index in [0.717, 1.165) is 0 Å². The van der Waals surface area contributed by atoms with Crippen molar-refractivity contribution in [1.29, 1.82) is 5.26 Å². The Morgan fingerprint density at radius 2 is 2.08 bits per heavy atom. The number of pyridine rings is 1. The summed E-state index contributed by atoms with van der Waals surface area (Å²) in [7, 11) is 1.47. The minimum absolute atomic E-state index is 0.150. The molecule has 5 nitrogen and oxygen atoms in total. The van der Waals surface area contributed by atoms with Gasteiger partial charge in [0.25, 0.3) is 0 Å². The number of nitrogens with zero attached hydrogens (tertiary/aromatic N) is 3. The van der Waals surface area contributed by atoms with Gasteiger partial charge in [-0.1, -0.05) is 16.5 Å². The maximum atomic E-state index is 14.1. The van der Waals surface area contributed by atoms with E-state index in [4.69, 9.17) is 4.74 Å². The molecule has 0 spiro atoms. The molecule has 1 atom stereocenters. The molecule has 0 saturated heterocycles. The van der Waals surface area contributed by atoms with Crippen LogP contribution in [0.3, 0.4) is 0 Å². The van der Waals surface area contributed by atoms with E-state index >= 15 is 0 Å². The number of aromatic nitrogens is 1. The average molecular weight is 359 g/mol. The van der Waals surface area contributed by atoms with Gasteiger partial charge in [0.2, 0.25) is 5.88 Å². The van der Waals surface area contributed by atoms with Crippen LogP contribution in [-0.2, 0) is 11.4 Å². The van der Waals surface area contributed by atoms with Crippen molar-refractivity contribution >= 4 is 17.1 Å². The van der Waals surface area contributed by atoms with E-state index in [9.17, 15) is 14.2 Å². The van der Waals surface area contributed by atoms with Crippen molar-refractivity contribution in [3.05, 3.63) is 59.0 Å². The zero-order valence-corrected chi connectivity index (χ0v) is 15.2. The molecule has 0 amide bonds. The summed E-state index contributed by atoms with van der Waals surface area (Å²) >= 11 is -1.60. The number of nitriles is 1. The topological polar surface area (TPSA) is 81.3 Å². The number of ether oxygens (including phenoxy) is 1. The second-order valence-corrected chi connectivity index (χ2v) is 8.07. The van der Waals surface area contributed by atoms with Crippen molar-refractivity contribution in [2.45, 2.75) is 25.5 Å². The van der Waals surface area contributed by atoms with Gasteiger partial charge in [0.05, 0.1) is 12.7 Å². The molecule has 0 aliphatic carbocycles. The Labute approximate surface area is 149 Å². The van der Waals surface area contributed by atoms with Gasteiger partial charge in [-0.15, -0.1) is 0 Å². The van der Waals surface area contributed by atoms with Gasteiger partial charge in [-0.2, -0.15) is 5.26 Å². The van der Waals surface area contributed by atoms with Crippen LogP contribution >= 0.6 is 0 Å². The van der Waals surface area contributed by atoms with E-state index in [-0.39, 0.29) is 16.8 Å². The van der Waals surface area contributed by atoms with Crippen LogP contribution in [0.4, 0.5) is 4.39 Å². The van der Waals surface area contributed by atoms with Crippen molar-refractivity contribution in [2.24, 2.45) is 4.40 Å². The van der Waals surface area contributed by atoms with Gasteiger partial charge in [0.15, 0.2) is 0 Å². The molecule has 0 fully saturated rings. The number of benzene rings is 1. The van der Waals surface area contributed by atoms with Crippen LogP contribution in [0.15, 0.2) is 40.9 Å². The third kappa shape index (κ3) is 4.35. The highest BCUT2D eigenvalue weighted by Crippen LogP contribution is 2.24. The Balaban J connectivity index is 2.72. The number of hydrogen-bond donors (Lipinski definition) is 0. The molecular weight excluding hydrogens is 341 g/mol. The van der Waals surface area contributed by atoms with Crippen LogP contribution in [0.1, 0.15) is 37.5 Å². The molecule has 0 bridgehead atoms. The minimum Gasteiger partial charge on any atom is -0.591 e. The molecule has 0 saturated carbocycles. The van der Waals surface area contributed by atoms with Crippen LogP contribution in [-0.4, -0.2) is 27.1 Å². The average Bonchev–Trinajstić information content (AvgIpc) is 2.58. The largest absolute Gasteiger partial charge is 0.591 e. The first-order chi connectivity index (χ1) is 11.8. The molecule has 130 valence electrons. The second kappa shape index (κ2) is 7.64. The normalized spacial score (nSPS) is 13.2. The van der Waals surface area contributed by atoms with Crippen molar-refractivity contribution < 1.29 is 13.7 Å². The van der Waals surface area contributed by atoms with Crippen LogP contribution in [0.25, 0.3) is 0 Å². The van der Waals surface area contributed by atoms with Crippen molar-refractivity contribution in [3.8, 4) is 11.9 Å². The Bertz CT molecular complexity index is 841. The molecule has 0 aliphatic heterocycles. The van der Waals surface area contributed by atoms with Gasteiger partial charge in [-0.25, -0.2) is 9.37 Å². The summed E-state index contributed by atoms with van der Waals surface area (Å²) < 4.78 is 35.4. The number of halogens is 1. The zero-order chi connectivity index (χ0) is 18.6. The number of rotatable bonds is 4. The molecule has 25 heavy (non-hydrogen) atoms. The predicted octanol–water partition coefficient (Wildman–Crippen LogP) is 3.40. The molecule has 1 aromatic heterocycles. The van der Waals surface area contributed by atoms with Crippen molar-refractivity contribution in [2.75, 3.05) is 7.11 Å². The van der Waals surface area contributed by atoms with E-state index in [2.05, 4.69) is 9.38 Å². The molecule has 1 unspecified atom stereocenters. The molecule has 0 N–H and O–H groups in total. The Morgan fingerprint density at radius 3 is 2.68 bits per heavy atom. The molecule has 0 aliphatic rings. The van der Waals surface area contributed by atoms with Gasteiger partial charge in [0, 0.05) is 23.4 Å². The monoisotopic (exact) mass is 359 g/mol. The summed E-state index contributed by atoms with van der Waals surface area (Å²) in [5.74, 6) is -0.322. The third-order valence-corrected chi connectivity index (χ3v) is 4.69. The van der Waals surface area contributed by atoms with Gasteiger partial charge >= 0.3 is 0 Å². The van der Waals surface area contributed by atoms with Crippen molar-refractivity contribution in [3.63, 3.8) is 0 Å². The van der Waals surface area contributed by atoms with Crippen molar-refractivity contribution in [1.82, 2.24) is 4.98 Å².